The molecule has 2 heteroatoms. The fraction of sp³-hybridized carbons (Fsp3) is 1.00. The van der Waals surface area contributed by atoms with Crippen LogP contribution in [0, 0.1) is 0 Å². The largest absolute Gasteiger partial charge is 0.314 e. The Hall–Kier alpha value is -0.0800. The second-order valence-corrected chi connectivity index (χ2v) is 5.11. The fourth-order valence-corrected chi connectivity index (χ4v) is 1.47. The van der Waals surface area contributed by atoms with E-state index in [0.29, 0.717) is 0 Å². The van der Waals surface area contributed by atoms with Crippen molar-refractivity contribution in [1.29, 1.82) is 0 Å². The quantitative estimate of drug-likeness (QED) is 0.638. The van der Waals surface area contributed by atoms with Gasteiger partial charge in [-0.2, -0.15) is 0 Å². The van der Waals surface area contributed by atoms with Crippen LogP contribution in [0.15, 0.2) is 0 Å². The van der Waals surface area contributed by atoms with Crippen molar-refractivity contribution in [2.45, 2.75) is 58.0 Å². The lowest BCUT2D eigenvalue weighted by atomic mass is 9.93. The Kier molecular flexibility index (Phi) is 4.20. The summed E-state index contributed by atoms with van der Waals surface area (Å²) >= 11 is 0. The fourth-order valence-electron chi connectivity index (χ4n) is 1.47. The third-order valence-corrected chi connectivity index (χ3v) is 2.55. The SMILES string of the molecule is CC(C)(C)NCCCNC1CCC1. The average molecular weight is 184 g/mol. The number of hydrogen-bond acceptors (Lipinski definition) is 2. The summed E-state index contributed by atoms with van der Waals surface area (Å²) < 4.78 is 0. The van der Waals surface area contributed by atoms with Crippen LogP contribution in [0.5, 0.6) is 0 Å². The molecule has 1 fully saturated rings. The second-order valence-electron chi connectivity index (χ2n) is 5.11. The molecule has 0 unspecified atom stereocenters. The predicted molar refractivity (Wildman–Crippen MR) is 58.0 cm³/mol. The van der Waals surface area contributed by atoms with Crippen LogP contribution < -0.4 is 10.6 Å². The molecule has 1 rings (SSSR count). The van der Waals surface area contributed by atoms with E-state index < -0.39 is 0 Å². The molecule has 0 radical (unpaired) electrons. The van der Waals surface area contributed by atoms with Gasteiger partial charge in [0.25, 0.3) is 0 Å². The molecule has 0 aliphatic heterocycles. The highest BCUT2D eigenvalue weighted by atomic mass is 15.0. The smallest absolute Gasteiger partial charge is 0.00965 e. The monoisotopic (exact) mass is 184 g/mol. The van der Waals surface area contributed by atoms with E-state index in [1.807, 2.05) is 0 Å². The van der Waals surface area contributed by atoms with Gasteiger partial charge in [-0.3, -0.25) is 0 Å². The molecule has 0 aromatic heterocycles. The van der Waals surface area contributed by atoms with Gasteiger partial charge in [-0.25, -0.2) is 0 Å². The summed E-state index contributed by atoms with van der Waals surface area (Å²) in [6.45, 7) is 8.95. The molecule has 13 heavy (non-hydrogen) atoms. The third-order valence-electron chi connectivity index (χ3n) is 2.55. The van der Waals surface area contributed by atoms with Crippen LogP contribution in [0.4, 0.5) is 0 Å². The van der Waals surface area contributed by atoms with Crippen LogP contribution in [0.2, 0.25) is 0 Å². The van der Waals surface area contributed by atoms with Crippen molar-refractivity contribution in [3.8, 4) is 0 Å². The molecule has 0 spiro atoms. The minimum absolute atomic E-state index is 0.274. The van der Waals surface area contributed by atoms with Crippen LogP contribution in [-0.2, 0) is 0 Å². The van der Waals surface area contributed by atoms with Crippen LogP contribution in [0.1, 0.15) is 46.5 Å². The maximum absolute atomic E-state index is 3.57. The summed E-state index contributed by atoms with van der Waals surface area (Å²) in [6.07, 6.45) is 5.46. The Morgan fingerprint density at radius 2 is 1.85 bits per heavy atom. The molecular formula is C11H24N2. The lowest BCUT2D eigenvalue weighted by Crippen LogP contribution is -2.39. The Bertz CT molecular complexity index is 134. The highest BCUT2D eigenvalue weighted by Crippen LogP contribution is 2.17. The van der Waals surface area contributed by atoms with E-state index in [1.165, 1.54) is 32.2 Å². The molecule has 0 bridgehead atoms. The maximum atomic E-state index is 3.57. The average Bonchev–Trinajstić information content (AvgIpc) is 1.90. The Morgan fingerprint density at radius 1 is 1.15 bits per heavy atom. The Balaban J connectivity index is 1.83. The van der Waals surface area contributed by atoms with Gasteiger partial charge in [0.05, 0.1) is 0 Å². The minimum atomic E-state index is 0.274. The first-order valence-electron chi connectivity index (χ1n) is 5.56. The molecule has 0 aromatic rings. The van der Waals surface area contributed by atoms with E-state index in [0.717, 1.165) is 12.6 Å². The standard InChI is InChI=1S/C11H24N2/c1-11(2,3)13-9-5-8-12-10-6-4-7-10/h10,12-13H,4-9H2,1-3H3. The van der Waals surface area contributed by atoms with Gasteiger partial charge in [0.1, 0.15) is 0 Å². The summed E-state index contributed by atoms with van der Waals surface area (Å²) in [5.74, 6) is 0. The Labute approximate surface area is 82.5 Å². The van der Waals surface area contributed by atoms with Crippen molar-refractivity contribution in [2.24, 2.45) is 0 Å². The highest BCUT2D eigenvalue weighted by molar-refractivity contribution is 4.76. The van der Waals surface area contributed by atoms with Crippen LogP contribution >= 0.6 is 0 Å². The lowest BCUT2D eigenvalue weighted by molar-refractivity contribution is 0.333. The van der Waals surface area contributed by atoms with Gasteiger partial charge in [0.2, 0.25) is 0 Å². The van der Waals surface area contributed by atoms with Crippen molar-refractivity contribution in [1.82, 2.24) is 10.6 Å². The zero-order valence-corrected chi connectivity index (χ0v) is 9.32. The number of hydrogen-bond donors (Lipinski definition) is 2. The van der Waals surface area contributed by atoms with Crippen LogP contribution in [-0.4, -0.2) is 24.7 Å². The van der Waals surface area contributed by atoms with Crippen LogP contribution in [0.25, 0.3) is 0 Å². The molecule has 78 valence electrons. The molecule has 1 saturated carbocycles. The molecule has 0 atom stereocenters. The van der Waals surface area contributed by atoms with Gasteiger partial charge in [-0.1, -0.05) is 6.42 Å². The normalized spacial score (nSPS) is 18.7. The first-order chi connectivity index (χ1) is 6.08. The van der Waals surface area contributed by atoms with E-state index in [-0.39, 0.29) is 5.54 Å². The summed E-state index contributed by atoms with van der Waals surface area (Å²) in [4.78, 5) is 0. The first kappa shape index (κ1) is 11.0. The summed E-state index contributed by atoms with van der Waals surface area (Å²) in [5, 5.41) is 7.06. The van der Waals surface area contributed by atoms with Gasteiger partial charge in [0, 0.05) is 11.6 Å². The molecular weight excluding hydrogens is 160 g/mol. The second kappa shape index (κ2) is 4.97. The third kappa shape index (κ3) is 5.27. The van der Waals surface area contributed by atoms with Gasteiger partial charge in [-0.05, 0) is 53.1 Å². The zero-order valence-electron chi connectivity index (χ0n) is 9.32. The van der Waals surface area contributed by atoms with Crippen LogP contribution in [0.3, 0.4) is 0 Å². The van der Waals surface area contributed by atoms with E-state index in [9.17, 15) is 0 Å². The molecule has 0 heterocycles. The molecule has 2 N–H and O–H groups in total. The van der Waals surface area contributed by atoms with Crippen molar-refractivity contribution >= 4 is 0 Å². The first-order valence-corrected chi connectivity index (χ1v) is 5.56. The van der Waals surface area contributed by atoms with E-state index in [2.05, 4.69) is 31.4 Å². The van der Waals surface area contributed by atoms with E-state index in [4.69, 9.17) is 0 Å². The maximum Gasteiger partial charge on any atom is 0.00965 e. The summed E-state index contributed by atoms with van der Waals surface area (Å²) in [5.41, 5.74) is 0.274. The van der Waals surface area contributed by atoms with Crippen molar-refractivity contribution < 1.29 is 0 Å². The van der Waals surface area contributed by atoms with Crippen molar-refractivity contribution in [3.63, 3.8) is 0 Å². The van der Waals surface area contributed by atoms with Gasteiger partial charge < -0.3 is 10.6 Å². The zero-order chi connectivity index (χ0) is 9.73. The van der Waals surface area contributed by atoms with E-state index in [1.54, 1.807) is 0 Å². The molecule has 0 amide bonds. The van der Waals surface area contributed by atoms with E-state index >= 15 is 0 Å². The van der Waals surface area contributed by atoms with Crippen molar-refractivity contribution in [2.75, 3.05) is 13.1 Å². The highest BCUT2D eigenvalue weighted by Gasteiger charge is 2.15. The Morgan fingerprint density at radius 3 is 2.31 bits per heavy atom. The summed E-state index contributed by atoms with van der Waals surface area (Å²) in [7, 11) is 0. The predicted octanol–water partition coefficient (Wildman–Crippen LogP) is 1.91. The van der Waals surface area contributed by atoms with Gasteiger partial charge in [0.15, 0.2) is 0 Å². The lowest BCUT2D eigenvalue weighted by Gasteiger charge is -2.27. The van der Waals surface area contributed by atoms with Gasteiger partial charge in [-0.15, -0.1) is 0 Å². The number of nitrogens with one attached hydrogen (secondary N) is 2. The molecule has 2 nitrogen and oxygen atoms in total. The minimum Gasteiger partial charge on any atom is -0.314 e. The number of rotatable bonds is 5. The molecule has 0 aromatic carbocycles. The topological polar surface area (TPSA) is 24.1 Å². The van der Waals surface area contributed by atoms with Crippen molar-refractivity contribution in [3.05, 3.63) is 0 Å². The molecule has 0 saturated heterocycles. The molecule has 1 aliphatic rings. The summed E-state index contributed by atoms with van der Waals surface area (Å²) in [6, 6.07) is 0.842. The molecule has 1 aliphatic carbocycles. The van der Waals surface area contributed by atoms with Gasteiger partial charge >= 0.3 is 0 Å².